The number of rotatable bonds is 3. The number of allylic oxidation sites excluding steroid dienone is 5. The van der Waals surface area contributed by atoms with Gasteiger partial charge in [-0.25, -0.2) is 4.79 Å². The number of carbonyl (C=O) groups excluding carboxylic acids is 3. The lowest BCUT2D eigenvalue weighted by atomic mass is 10.0. The number of hydrogen-bond donors (Lipinski definition) is 0. The van der Waals surface area contributed by atoms with Gasteiger partial charge < -0.3 is 4.74 Å². The van der Waals surface area contributed by atoms with Gasteiger partial charge in [0.15, 0.2) is 11.6 Å². The van der Waals surface area contributed by atoms with Crippen LogP contribution in [-0.2, 0) is 19.1 Å². The Labute approximate surface area is 86.9 Å². The Balaban J connectivity index is 2.69. The van der Waals surface area contributed by atoms with Gasteiger partial charge in [0, 0.05) is 11.6 Å². The Hall–Kier alpha value is -1.97. The Bertz CT molecular complexity index is 385. The van der Waals surface area contributed by atoms with Crippen LogP contribution in [0.4, 0.5) is 0 Å². The lowest BCUT2D eigenvalue weighted by Gasteiger charge is -2.00. The van der Waals surface area contributed by atoms with Crippen LogP contribution in [0.2, 0.25) is 0 Å². The van der Waals surface area contributed by atoms with E-state index in [4.69, 9.17) is 0 Å². The molecule has 1 rings (SSSR count). The number of carbonyl (C=O) groups is 3. The highest BCUT2D eigenvalue weighted by Gasteiger charge is 2.10. The van der Waals surface area contributed by atoms with Crippen molar-refractivity contribution < 1.29 is 19.1 Å². The minimum Gasteiger partial charge on any atom is -0.463 e. The van der Waals surface area contributed by atoms with Crippen LogP contribution >= 0.6 is 0 Å². The quantitative estimate of drug-likeness (QED) is 0.388. The zero-order valence-electron chi connectivity index (χ0n) is 8.23. The molecule has 0 spiro atoms. The number of ether oxygens (including phenoxy) is 1. The standard InChI is InChI=1S/C11H10O4/c1-2-15-11(14)6-3-8-7-9(12)4-5-10(8)13/h3-7H,2H2,1H3/b6-3+. The van der Waals surface area contributed by atoms with Gasteiger partial charge in [0.05, 0.1) is 6.61 Å². The van der Waals surface area contributed by atoms with Crippen LogP contribution < -0.4 is 0 Å². The Morgan fingerprint density at radius 1 is 1.40 bits per heavy atom. The van der Waals surface area contributed by atoms with Gasteiger partial charge in [0.25, 0.3) is 0 Å². The third-order valence-corrected chi connectivity index (χ3v) is 1.67. The average Bonchev–Trinajstić information content (AvgIpc) is 2.20. The molecule has 4 heteroatoms. The van der Waals surface area contributed by atoms with E-state index in [0.717, 1.165) is 6.08 Å². The van der Waals surface area contributed by atoms with Gasteiger partial charge in [-0.15, -0.1) is 0 Å². The van der Waals surface area contributed by atoms with Gasteiger partial charge >= 0.3 is 5.97 Å². The Morgan fingerprint density at radius 3 is 2.80 bits per heavy atom. The summed E-state index contributed by atoms with van der Waals surface area (Å²) in [4.78, 5) is 33.0. The van der Waals surface area contributed by atoms with E-state index in [1.807, 2.05) is 0 Å². The first-order valence-corrected chi connectivity index (χ1v) is 4.46. The first kappa shape index (κ1) is 11.1. The molecule has 0 aromatic heterocycles. The molecule has 0 saturated heterocycles. The molecule has 0 bridgehead atoms. The third-order valence-electron chi connectivity index (χ3n) is 1.67. The molecular weight excluding hydrogens is 196 g/mol. The molecule has 0 heterocycles. The molecule has 0 aliphatic heterocycles. The summed E-state index contributed by atoms with van der Waals surface area (Å²) < 4.78 is 4.63. The van der Waals surface area contributed by atoms with Crippen molar-refractivity contribution in [3.8, 4) is 0 Å². The first-order valence-electron chi connectivity index (χ1n) is 4.46. The van der Waals surface area contributed by atoms with Crippen molar-refractivity contribution in [2.75, 3.05) is 6.61 Å². The summed E-state index contributed by atoms with van der Waals surface area (Å²) in [6.45, 7) is 1.96. The summed E-state index contributed by atoms with van der Waals surface area (Å²) in [6.07, 6.45) is 5.94. The van der Waals surface area contributed by atoms with Gasteiger partial charge in [-0.2, -0.15) is 0 Å². The van der Waals surface area contributed by atoms with Crippen molar-refractivity contribution in [2.45, 2.75) is 6.92 Å². The molecule has 0 aromatic rings. The fourth-order valence-electron chi connectivity index (χ4n) is 1.00. The van der Waals surface area contributed by atoms with Crippen molar-refractivity contribution in [1.82, 2.24) is 0 Å². The normalized spacial score (nSPS) is 15.7. The van der Waals surface area contributed by atoms with E-state index in [0.29, 0.717) is 0 Å². The lowest BCUT2D eigenvalue weighted by Crippen LogP contribution is -2.06. The fourth-order valence-corrected chi connectivity index (χ4v) is 1.00. The lowest BCUT2D eigenvalue weighted by molar-refractivity contribution is -0.137. The average molecular weight is 206 g/mol. The number of hydrogen-bond acceptors (Lipinski definition) is 4. The van der Waals surface area contributed by atoms with Crippen LogP contribution in [0.3, 0.4) is 0 Å². The van der Waals surface area contributed by atoms with Crippen LogP contribution in [0.5, 0.6) is 0 Å². The Morgan fingerprint density at radius 2 is 2.13 bits per heavy atom. The zero-order valence-corrected chi connectivity index (χ0v) is 8.23. The Kier molecular flexibility index (Phi) is 3.74. The van der Waals surface area contributed by atoms with Crippen molar-refractivity contribution in [3.63, 3.8) is 0 Å². The molecule has 1 aliphatic carbocycles. The molecule has 0 unspecified atom stereocenters. The van der Waals surface area contributed by atoms with Crippen molar-refractivity contribution in [3.05, 3.63) is 36.0 Å². The molecule has 0 aromatic carbocycles. The summed E-state index contributed by atoms with van der Waals surface area (Å²) >= 11 is 0. The molecule has 15 heavy (non-hydrogen) atoms. The van der Waals surface area contributed by atoms with Crippen molar-refractivity contribution in [2.24, 2.45) is 0 Å². The van der Waals surface area contributed by atoms with Crippen LogP contribution in [-0.4, -0.2) is 24.1 Å². The van der Waals surface area contributed by atoms with E-state index in [9.17, 15) is 14.4 Å². The molecule has 0 N–H and O–H groups in total. The minimum atomic E-state index is -0.534. The molecular formula is C11H10O4. The second kappa shape index (κ2) is 5.05. The van der Waals surface area contributed by atoms with E-state index in [1.165, 1.54) is 24.3 Å². The highest BCUT2D eigenvalue weighted by molar-refractivity contribution is 6.18. The smallest absolute Gasteiger partial charge is 0.330 e. The van der Waals surface area contributed by atoms with Crippen LogP contribution in [0.25, 0.3) is 0 Å². The molecule has 0 amide bonds. The molecule has 0 fully saturated rings. The predicted molar refractivity (Wildman–Crippen MR) is 53.0 cm³/mol. The van der Waals surface area contributed by atoms with Gasteiger partial charge in [0.2, 0.25) is 0 Å². The largest absolute Gasteiger partial charge is 0.463 e. The van der Waals surface area contributed by atoms with E-state index in [2.05, 4.69) is 4.74 Å². The highest BCUT2D eigenvalue weighted by atomic mass is 16.5. The maximum atomic E-state index is 11.2. The summed E-state index contributed by atoms with van der Waals surface area (Å²) in [7, 11) is 0. The van der Waals surface area contributed by atoms with Crippen molar-refractivity contribution in [1.29, 1.82) is 0 Å². The van der Waals surface area contributed by atoms with Crippen LogP contribution in [0, 0.1) is 0 Å². The summed E-state index contributed by atoms with van der Waals surface area (Å²) in [5.41, 5.74) is 0.190. The second-order valence-electron chi connectivity index (χ2n) is 2.79. The van der Waals surface area contributed by atoms with Crippen LogP contribution in [0.15, 0.2) is 36.0 Å². The number of ketones is 2. The molecule has 0 radical (unpaired) electrons. The van der Waals surface area contributed by atoms with E-state index in [1.54, 1.807) is 6.92 Å². The van der Waals surface area contributed by atoms with E-state index < -0.39 is 5.97 Å². The molecule has 4 nitrogen and oxygen atoms in total. The fraction of sp³-hybridized carbons (Fsp3) is 0.182. The third kappa shape index (κ3) is 3.34. The molecule has 0 saturated carbocycles. The molecule has 0 atom stereocenters. The summed E-state index contributed by atoms with van der Waals surface area (Å²) in [5.74, 6) is -1.10. The van der Waals surface area contributed by atoms with Crippen LogP contribution in [0.1, 0.15) is 6.92 Å². The van der Waals surface area contributed by atoms with E-state index >= 15 is 0 Å². The zero-order chi connectivity index (χ0) is 11.3. The van der Waals surface area contributed by atoms with Gasteiger partial charge in [0.1, 0.15) is 0 Å². The maximum Gasteiger partial charge on any atom is 0.330 e. The highest BCUT2D eigenvalue weighted by Crippen LogP contribution is 2.06. The van der Waals surface area contributed by atoms with E-state index in [-0.39, 0.29) is 23.7 Å². The topological polar surface area (TPSA) is 60.4 Å². The van der Waals surface area contributed by atoms with Gasteiger partial charge in [-0.1, -0.05) is 0 Å². The second-order valence-corrected chi connectivity index (χ2v) is 2.79. The predicted octanol–water partition coefficient (Wildman–Crippen LogP) is 0.740. The summed E-state index contributed by atoms with van der Waals surface area (Å²) in [5, 5.41) is 0. The minimum absolute atomic E-state index is 0.190. The summed E-state index contributed by atoms with van der Waals surface area (Å²) in [6, 6.07) is 0. The number of esters is 1. The maximum absolute atomic E-state index is 11.2. The van der Waals surface area contributed by atoms with Crippen molar-refractivity contribution >= 4 is 17.5 Å². The monoisotopic (exact) mass is 206 g/mol. The SMILES string of the molecule is CCOC(=O)/C=C/C1=CC(=O)C=CC1=O. The van der Waals surface area contributed by atoms with Gasteiger partial charge in [-0.05, 0) is 31.2 Å². The molecule has 1 aliphatic rings. The first-order chi connectivity index (χ1) is 7.13. The molecule has 78 valence electrons. The van der Waals surface area contributed by atoms with Gasteiger partial charge in [-0.3, -0.25) is 9.59 Å².